The third-order valence-electron chi connectivity index (χ3n) is 3.06. The molecule has 2 N–H and O–H groups in total. The Morgan fingerprint density at radius 2 is 2.44 bits per heavy atom. The Balaban J connectivity index is 2.12. The Bertz CT molecular complexity index is 399. The number of pyridine rings is 1. The van der Waals surface area contributed by atoms with Crippen LogP contribution in [0.25, 0.3) is 0 Å². The van der Waals surface area contributed by atoms with Gasteiger partial charge < -0.3 is 15.3 Å². The molecule has 2 rings (SSSR count). The maximum absolute atomic E-state index is 9.19. The van der Waals surface area contributed by atoms with E-state index in [4.69, 9.17) is 11.6 Å². The van der Waals surface area contributed by atoms with Crippen LogP contribution in [-0.4, -0.2) is 42.4 Å². The molecule has 0 spiro atoms. The molecule has 0 aromatic carbocycles. The lowest BCUT2D eigenvalue weighted by atomic mass is 10.2. The number of hydrogen-bond donors (Lipinski definition) is 2. The van der Waals surface area contributed by atoms with E-state index in [-0.39, 0.29) is 6.61 Å². The summed E-state index contributed by atoms with van der Waals surface area (Å²) in [6, 6.07) is 2.30. The summed E-state index contributed by atoms with van der Waals surface area (Å²) in [7, 11) is 0. The van der Waals surface area contributed by atoms with E-state index in [0.717, 1.165) is 23.4 Å². The van der Waals surface area contributed by atoms with Crippen molar-refractivity contribution in [1.82, 2.24) is 10.3 Å². The molecule has 18 heavy (non-hydrogen) atoms. The van der Waals surface area contributed by atoms with E-state index in [2.05, 4.69) is 31.1 Å². The van der Waals surface area contributed by atoms with Crippen molar-refractivity contribution >= 4 is 33.3 Å². The minimum atomic E-state index is 0.115. The zero-order valence-corrected chi connectivity index (χ0v) is 12.4. The van der Waals surface area contributed by atoms with Gasteiger partial charge in [-0.05, 0) is 41.4 Å². The zero-order chi connectivity index (χ0) is 13.0. The molecule has 1 atom stereocenters. The molecular weight excluding hydrogens is 318 g/mol. The fourth-order valence-electron chi connectivity index (χ4n) is 2.22. The van der Waals surface area contributed by atoms with Gasteiger partial charge in [0.1, 0.15) is 5.82 Å². The van der Waals surface area contributed by atoms with Crippen molar-refractivity contribution in [3.8, 4) is 0 Å². The van der Waals surface area contributed by atoms with Crippen LogP contribution in [0.3, 0.4) is 0 Å². The van der Waals surface area contributed by atoms with E-state index >= 15 is 0 Å². The van der Waals surface area contributed by atoms with Crippen molar-refractivity contribution in [2.45, 2.75) is 18.9 Å². The lowest BCUT2D eigenvalue weighted by molar-refractivity contribution is 0.300. The number of rotatable bonds is 5. The molecule has 0 bridgehead atoms. The number of nitrogens with one attached hydrogen (secondary N) is 1. The predicted octanol–water partition coefficient (Wildman–Crippen LogP) is 2.05. The van der Waals surface area contributed by atoms with Crippen molar-refractivity contribution in [2.24, 2.45) is 0 Å². The van der Waals surface area contributed by atoms with E-state index in [1.54, 1.807) is 6.20 Å². The first-order valence-electron chi connectivity index (χ1n) is 6.11. The zero-order valence-electron chi connectivity index (χ0n) is 10.1. The lowest BCUT2D eigenvalue weighted by Gasteiger charge is -2.27. The van der Waals surface area contributed by atoms with E-state index < -0.39 is 0 Å². The van der Waals surface area contributed by atoms with Crippen LogP contribution in [0.15, 0.2) is 16.7 Å². The van der Waals surface area contributed by atoms with E-state index in [0.29, 0.717) is 17.6 Å². The van der Waals surface area contributed by atoms with Gasteiger partial charge in [0.25, 0.3) is 0 Å². The first-order chi connectivity index (χ1) is 8.70. The van der Waals surface area contributed by atoms with Gasteiger partial charge in [-0.1, -0.05) is 11.6 Å². The molecule has 0 saturated carbocycles. The molecule has 1 aromatic heterocycles. The summed E-state index contributed by atoms with van der Waals surface area (Å²) in [4.78, 5) is 6.43. The topological polar surface area (TPSA) is 48.4 Å². The highest BCUT2D eigenvalue weighted by Crippen LogP contribution is 2.27. The Labute approximate surface area is 120 Å². The van der Waals surface area contributed by atoms with Gasteiger partial charge in [-0.25, -0.2) is 4.98 Å². The monoisotopic (exact) mass is 333 g/mol. The van der Waals surface area contributed by atoms with Gasteiger partial charge in [0, 0.05) is 25.3 Å². The Hall–Kier alpha value is -0.360. The molecule has 6 heteroatoms. The molecule has 1 unspecified atom stereocenters. The van der Waals surface area contributed by atoms with Crippen LogP contribution in [-0.2, 0) is 0 Å². The van der Waals surface area contributed by atoms with Gasteiger partial charge in [0.05, 0.1) is 16.1 Å². The standard InChI is InChI=1S/C12H17BrClN3O/c13-11-6-9(14)7-16-12(11)17(4-5-18)8-10-2-1-3-15-10/h6-7,10,15,18H,1-5,8H2. The molecule has 1 fully saturated rings. The Morgan fingerprint density at radius 3 is 3.06 bits per heavy atom. The second kappa shape index (κ2) is 6.70. The molecule has 1 aliphatic rings. The lowest BCUT2D eigenvalue weighted by Crippen LogP contribution is -2.39. The Kier molecular flexibility index (Phi) is 5.24. The van der Waals surface area contributed by atoms with Crippen LogP contribution in [0.2, 0.25) is 5.02 Å². The minimum absolute atomic E-state index is 0.115. The van der Waals surface area contributed by atoms with Crippen LogP contribution in [0.1, 0.15) is 12.8 Å². The summed E-state index contributed by atoms with van der Waals surface area (Å²) in [6.45, 7) is 2.62. The second-order valence-electron chi connectivity index (χ2n) is 4.42. The summed E-state index contributed by atoms with van der Waals surface area (Å²) in [5.74, 6) is 0.835. The average molecular weight is 335 g/mol. The first-order valence-corrected chi connectivity index (χ1v) is 7.28. The van der Waals surface area contributed by atoms with Gasteiger partial charge in [-0.15, -0.1) is 0 Å². The van der Waals surface area contributed by atoms with E-state index in [9.17, 15) is 5.11 Å². The fraction of sp³-hybridized carbons (Fsp3) is 0.583. The van der Waals surface area contributed by atoms with Crippen molar-refractivity contribution in [3.63, 3.8) is 0 Å². The quantitative estimate of drug-likeness (QED) is 0.865. The highest BCUT2D eigenvalue weighted by atomic mass is 79.9. The summed E-state index contributed by atoms with van der Waals surface area (Å²) < 4.78 is 0.862. The highest BCUT2D eigenvalue weighted by Gasteiger charge is 2.20. The van der Waals surface area contributed by atoms with Crippen molar-refractivity contribution < 1.29 is 5.11 Å². The van der Waals surface area contributed by atoms with Gasteiger partial charge in [0.15, 0.2) is 0 Å². The predicted molar refractivity (Wildman–Crippen MR) is 77.3 cm³/mol. The molecule has 2 heterocycles. The maximum Gasteiger partial charge on any atom is 0.143 e. The number of halogens is 2. The number of hydrogen-bond acceptors (Lipinski definition) is 4. The maximum atomic E-state index is 9.19. The number of aliphatic hydroxyl groups excluding tert-OH is 1. The van der Waals surface area contributed by atoms with Crippen LogP contribution < -0.4 is 10.2 Å². The van der Waals surface area contributed by atoms with Gasteiger partial charge in [-0.2, -0.15) is 0 Å². The van der Waals surface area contributed by atoms with Crippen LogP contribution in [0.5, 0.6) is 0 Å². The molecule has 1 aromatic rings. The molecule has 0 radical (unpaired) electrons. The van der Waals surface area contributed by atoms with Gasteiger partial charge in [0.2, 0.25) is 0 Å². The molecular formula is C12H17BrClN3O. The first kappa shape index (κ1) is 14.1. The van der Waals surface area contributed by atoms with Gasteiger partial charge in [-0.3, -0.25) is 0 Å². The second-order valence-corrected chi connectivity index (χ2v) is 5.71. The van der Waals surface area contributed by atoms with Crippen LogP contribution >= 0.6 is 27.5 Å². The molecule has 1 saturated heterocycles. The minimum Gasteiger partial charge on any atom is -0.395 e. The van der Waals surface area contributed by atoms with Crippen LogP contribution in [0, 0.1) is 0 Å². The summed E-state index contributed by atoms with van der Waals surface area (Å²) in [5.41, 5.74) is 0. The fourth-order valence-corrected chi connectivity index (χ4v) is 3.11. The summed E-state index contributed by atoms with van der Waals surface area (Å²) in [6.07, 6.45) is 4.02. The highest BCUT2D eigenvalue weighted by molar-refractivity contribution is 9.10. The van der Waals surface area contributed by atoms with Crippen molar-refractivity contribution in [1.29, 1.82) is 0 Å². The molecule has 0 amide bonds. The number of aliphatic hydroxyl groups is 1. The summed E-state index contributed by atoms with van der Waals surface area (Å²) in [5, 5.41) is 13.2. The van der Waals surface area contributed by atoms with Crippen molar-refractivity contribution in [2.75, 3.05) is 31.1 Å². The average Bonchev–Trinajstić information content (AvgIpc) is 2.81. The molecule has 4 nitrogen and oxygen atoms in total. The molecule has 0 aliphatic carbocycles. The third kappa shape index (κ3) is 3.57. The SMILES string of the molecule is OCCN(CC1CCCN1)c1ncc(Cl)cc1Br. The normalized spacial score (nSPS) is 19.2. The molecule has 1 aliphatic heterocycles. The number of anilines is 1. The third-order valence-corrected chi connectivity index (χ3v) is 3.85. The number of nitrogens with zero attached hydrogens (tertiary/aromatic N) is 2. The number of aromatic nitrogens is 1. The smallest absolute Gasteiger partial charge is 0.143 e. The van der Waals surface area contributed by atoms with Gasteiger partial charge >= 0.3 is 0 Å². The van der Waals surface area contributed by atoms with E-state index in [1.807, 2.05) is 6.07 Å². The Morgan fingerprint density at radius 1 is 1.61 bits per heavy atom. The molecule has 100 valence electrons. The largest absolute Gasteiger partial charge is 0.395 e. The summed E-state index contributed by atoms with van der Waals surface area (Å²) >= 11 is 9.37. The van der Waals surface area contributed by atoms with E-state index in [1.165, 1.54) is 12.8 Å². The van der Waals surface area contributed by atoms with Crippen molar-refractivity contribution in [3.05, 3.63) is 21.8 Å². The van der Waals surface area contributed by atoms with Crippen LogP contribution in [0.4, 0.5) is 5.82 Å².